The highest BCUT2D eigenvalue weighted by molar-refractivity contribution is 6.04. The first kappa shape index (κ1) is 29.0. The summed E-state index contributed by atoms with van der Waals surface area (Å²) in [6.07, 6.45) is 1.69. The van der Waals surface area contributed by atoms with E-state index < -0.39 is 11.9 Å². The molecule has 0 saturated carbocycles. The molecule has 1 aliphatic carbocycles. The summed E-state index contributed by atoms with van der Waals surface area (Å²) in [7, 11) is 3.22. The van der Waals surface area contributed by atoms with Gasteiger partial charge in [0.15, 0.2) is 17.3 Å². The van der Waals surface area contributed by atoms with E-state index in [1.807, 2.05) is 86.6 Å². The van der Waals surface area contributed by atoms with Crippen molar-refractivity contribution in [3.63, 3.8) is 0 Å². The fourth-order valence-corrected chi connectivity index (χ4v) is 5.75. The summed E-state index contributed by atoms with van der Waals surface area (Å²) in [5.41, 5.74) is 5.46. The van der Waals surface area contributed by atoms with Crippen LogP contribution >= 0.6 is 0 Å². The molecule has 0 saturated heterocycles. The molecule has 0 spiro atoms. The Labute approximate surface area is 247 Å². The number of hydrogen-bond donors (Lipinski definition) is 1. The largest absolute Gasteiger partial charge is 0.497 e. The maximum absolute atomic E-state index is 13.9. The number of ketones is 1. The molecule has 0 aromatic heterocycles. The molecule has 5 rings (SSSR count). The van der Waals surface area contributed by atoms with Crippen LogP contribution in [-0.2, 0) is 20.9 Å². The van der Waals surface area contributed by atoms with Gasteiger partial charge in [0.05, 0.1) is 26.4 Å². The van der Waals surface area contributed by atoms with Crippen LogP contribution in [0.15, 0.2) is 95.3 Å². The summed E-state index contributed by atoms with van der Waals surface area (Å²) < 4.78 is 22.7. The van der Waals surface area contributed by atoms with Crippen molar-refractivity contribution in [2.75, 3.05) is 20.8 Å². The number of methoxy groups -OCH3 is 2. The van der Waals surface area contributed by atoms with Crippen LogP contribution in [0.4, 0.5) is 0 Å². The van der Waals surface area contributed by atoms with E-state index in [2.05, 4.69) is 5.32 Å². The van der Waals surface area contributed by atoms with Gasteiger partial charge < -0.3 is 24.3 Å². The smallest absolute Gasteiger partial charge is 0.336 e. The first-order valence-corrected chi connectivity index (χ1v) is 14.3. The van der Waals surface area contributed by atoms with Gasteiger partial charge in [-0.15, -0.1) is 0 Å². The minimum absolute atomic E-state index is 0.00577. The number of esters is 1. The van der Waals surface area contributed by atoms with E-state index in [0.717, 1.165) is 28.1 Å². The molecular weight excluding hydrogens is 530 g/mol. The van der Waals surface area contributed by atoms with Crippen LogP contribution < -0.4 is 19.5 Å². The van der Waals surface area contributed by atoms with E-state index in [-0.39, 0.29) is 11.7 Å². The molecule has 0 radical (unpaired) electrons. The summed E-state index contributed by atoms with van der Waals surface area (Å²) in [5.74, 6) is 0.891. The monoisotopic (exact) mass is 567 g/mol. The van der Waals surface area contributed by atoms with Gasteiger partial charge in [-0.25, -0.2) is 4.79 Å². The maximum atomic E-state index is 13.9. The van der Waals surface area contributed by atoms with Gasteiger partial charge in [0.1, 0.15) is 12.4 Å². The first-order chi connectivity index (χ1) is 20.4. The number of carbonyl (C=O) groups excluding carboxylic acids is 2. The third-order valence-corrected chi connectivity index (χ3v) is 7.83. The van der Waals surface area contributed by atoms with Gasteiger partial charge in [0, 0.05) is 29.3 Å². The van der Waals surface area contributed by atoms with Crippen molar-refractivity contribution in [2.45, 2.75) is 51.6 Å². The van der Waals surface area contributed by atoms with E-state index in [1.54, 1.807) is 14.2 Å². The average molecular weight is 568 g/mol. The second kappa shape index (κ2) is 13.0. The van der Waals surface area contributed by atoms with Crippen molar-refractivity contribution in [2.24, 2.45) is 0 Å². The highest BCUT2D eigenvalue weighted by Gasteiger charge is 2.41. The van der Waals surface area contributed by atoms with Crippen molar-refractivity contribution in [1.82, 2.24) is 5.32 Å². The predicted octanol–water partition coefficient (Wildman–Crippen LogP) is 6.60. The minimum Gasteiger partial charge on any atom is -0.497 e. The molecule has 0 amide bonds. The number of ether oxygens (including phenoxy) is 4. The molecule has 1 N–H and O–H groups in total. The number of carbonyl (C=O) groups is 2. The third kappa shape index (κ3) is 6.05. The highest BCUT2D eigenvalue weighted by atomic mass is 16.5. The highest BCUT2D eigenvalue weighted by Crippen LogP contribution is 2.47. The molecule has 1 heterocycles. The number of dihydropyridines is 1. The van der Waals surface area contributed by atoms with E-state index in [1.165, 1.54) is 0 Å². The zero-order valence-corrected chi connectivity index (χ0v) is 24.6. The summed E-state index contributed by atoms with van der Waals surface area (Å²) in [5, 5.41) is 3.41. The fraction of sp³-hybridized carbons (Fsp3) is 0.314. The van der Waals surface area contributed by atoms with E-state index >= 15 is 0 Å². The molecule has 7 heteroatoms. The predicted molar refractivity (Wildman–Crippen MR) is 161 cm³/mol. The van der Waals surface area contributed by atoms with Crippen molar-refractivity contribution in [3.05, 3.63) is 112 Å². The Kier molecular flexibility index (Phi) is 8.96. The van der Waals surface area contributed by atoms with Gasteiger partial charge in [-0.2, -0.15) is 0 Å². The molecule has 2 atom stereocenters. The van der Waals surface area contributed by atoms with Crippen LogP contribution in [0.2, 0.25) is 0 Å². The van der Waals surface area contributed by atoms with Crippen molar-refractivity contribution < 1.29 is 28.5 Å². The molecule has 1 aliphatic heterocycles. The van der Waals surface area contributed by atoms with Crippen LogP contribution in [0.1, 0.15) is 61.6 Å². The Morgan fingerprint density at radius 3 is 2.33 bits per heavy atom. The third-order valence-electron chi connectivity index (χ3n) is 7.83. The molecule has 0 bridgehead atoms. The van der Waals surface area contributed by atoms with Crippen molar-refractivity contribution in [1.29, 1.82) is 0 Å². The van der Waals surface area contributed by atoms with E-state index in [4.69, 9.17) is 18.9 Å². The lowest BCUT2D eigenvalue weighted by Crippen LogP contribution is -2.36. The molecule has 3 aromatic rings. The van der Waals surface area contributed by atoms with Gasteiger partial charge in [0.2, 0.25) is 0 Å². The quantitative estimate of drug-likeness (QED) is 0.277. The summed E-state index contributed by atoms with van der Waals surface area (Å²) in [6.45, 7) is 4.51. The number of nitrogens with one attached hydrogen (secondary N) is 1. The molecule has 3 aromatic carbocycles. The standard InChI is InChI=1S/C35H37NO6/c1-5-17-41-35(38)32-22(2)36-28-18-26(24-11-14-27(39-3)15-12-24)19-29(37)34(28)33(32)25-13-16-30(31(20-25)40-4)42-21-23-9-7-6-8-10-23/h6-16,20,26,33,36H,5,17-19,21H2,1-4H3/t26-,33-/m1/s1. The first-order valence-electron chi connectivity index (χ1n) is 14.3. The lowest BCUT2D eigenvalue weighted by atomic mass is 9.71. The van der Waals surface area contributed by atoms with Crippen molar-refractivity contribution >= 4 is 11.8 Å². The Hall–Kier alpha value is -4.52. The summed E-state index contributed by atoms with van der Waals surface area (Å²) in [4.78, 5) is 27.4. The maximum Gasteiger partial charge on any atom is 0.336 e. The SMILES string of the molecule is CCCOC(=O)C1=C(C)NC2=C(C(=O)C[C@H](c3ccc(OC)cc3)C2)[C@@H]1c1ccc(OCc2ccccc2)c(OC)c1. The topological polar surface area (TPSA) is 83.1 Å². The second-order valence-corrected chi connectivity index (χ2v) is 10.6. The van der Waals surface area contributed by atoms with Gasteiger partial charge in [-0.05, 0) is 66.6 Å². The van der Waals surface area contributed by atoms with Gasteiger partial charge >= 0.3 is 5.97 Å². The number of rotatable bonds is 10. The number of benzene rings is 3. The minimum atomic E-state index is -0.591. The Morgan fingerprint density at radius 2 is 1.64 bits per heavy atom. The number of allylic oxidation sites excluding steroid dienone is 3. The van der Waals surface area contributed by atoms with Gasteiger partial charge in [0.25, 0.3) is 0 Å². The molecule has 0 unspecified atom stereocenters. The van der Waals surface area contributed by atoms with Gasteiger partial charge in [-0.3, -0.25) is 4.79 Å². The van der Waals surface area contributed by atoms with Crippen LogP contribution in [0.3, 0.4) is 0 Å². The van der Waals surface area contributed by atoms with Crippen molar-refractivity contribution in [3.8, 4) is 17.2 Å². The second-order valence-electron chi connectivity index (χ2n) is 10.6. The number of Topliss-reactive ketones (excluding diaryl/α,β-unsaturated/α-hetero) is 1. The lowest BCUT2D eigenvalue weighted by molar-refractivity contribution is -0.139. The van der Waals surface area contributed by atoms with Crippen LogP contribution in [-0.4, -0.2) is 32.6 Å². The average Bonchev–Trinajstić information content (AvgIpc) is 3.02. The zero-order chi connectivity index (χ0) is 29.6. The van der Waals surface area contributed by atoms with Crippen LogP contribution in [0.25, 0.3) is 0 Å². The molecule has 2 aliphatic rings. The van der Waals surface area contributed by atoms with Crippen LogP contribution in [0, 0.1) is 0 Å². The lowest BCUT2D eigenvalue weighted by Gasteiger charge is -2.37. The molecular formula is C35H37NO6. The van der Waals surface area contributed by atoms with Crippen LogP contribution in [0.5, 0.6) is 17.2 Å². The number of hydrogen-bond acceptors (Lipinski definition) is 7. The zero-order valence-electron chi connectivity index (χ0n) is 24.6. The fourth-order valence-electron chi connectivity index (χ4n) is 5.75. The molecule has 218 valence electrons. The van der Waals surface area contributed by atoms with Gasteiger partial charge in [-0.1, -0.05) is 55.5 Å². The molecule has 7 nitrogen and oxygen atoms in total. The summed E-state index contributed by atoms with van der Waals surface area (Å²) >= 11 is 0. The normalized spacial score (nSPS) is 18.2. The molecule has 0 fully saturated rings. The Morgan fingerprint density at radius 1 is 0.905 bits per heavy atom. The van der Waals surface area contributed by atoms with E-state index in [0.29, 0.717) is 60.8 Å². The Balaban J connectivity index is 1.51. The summed E-state index contributed by atoms with van der Waals surface area (Å²) in [6, 6.07) is 23.4. The van der Waals surface area contributed by atoms with E-state index in [9.17, 15) is 9.59 Å². The Bertz CT molecular complexity index is 1510. The molecule has 42 heavy (non-hydrogen) atoms.